The topological polar surface area (TPSA) is 122 Å². The Morgan fingerprint density at radius 1 is 0.630 bits per heavy atom. The summed E-state index contributed by atoms with van der Waals surface area (Å²) in [5, 5.41) is 25.0. The average Bonchev–Trinajstić information content (AvgIpc) is 3.03. The van der Waals surface area contributed by atoms with Crippen LogP contribution in [0.3, 0.4) is 0 Å². The third kappa shape index (κ3) is 8.61. The lowest BCUT2D eigenvalue weighted by Gasteiger charge is -2.23. The summed E-state index contributed by atoms with van der Waals surface area (Å²) in [6.07, 6.45) is 0.240. The van der Waals surface area contributed by atoms with Crippen LogP contribution in [0, 0.1) is 0 Å². The van der Waals surface area contributed by atoms with Gasteiger partial charge >= 0.3 is 0 Å². The zero-order valence-electron chi connectivity index (χ0n) is 29.1. The number of carbonyl (C=O) groups excluding carboxylic acids is 2. The van der Waals surface area contributed by atoms with Crippen molar-refractivity contribution in [2.24, 2.45) is 9.98 Å². The Morgan fingerprint density at radius 3 is 1.28 bits per heavy atom. The summed E-state index contributed by atoms with van der Waals surface area (Å²) >= 11 is 0. The number of aromatic nitrogens is 2. The molecule has 0 amide bonds. The van der Waals surface area contributed by atoms with Crippen LogP contribution in [0.4, 0.5) is 0 Å². The highest BCUT2D eigenvalue weighted by molar-refractivity contribution is 6.10. The molecule has 1 heterocycles. The van der Waals surface area contributed by atoms with Crippen molar-refractivity contribution in [3.8, 4) is 11.5 Å². The number of benzene rings is 2. The second kappa shape index (κ2) is 17.4. The van der Waals surface area contributed by atoms with Crippen molar-refractivity contribution in [1.29, 1.82) is 0 Å². The highest BCUT2D eigenvalue weighted by Crippen LogP contribution is 2.38. The number of likely N-dealkylation sites (N-methyl/N-ethyl adjacent to an activating group) is 2. The molecule has 2 aromatic carbocycles. The van der Waals surface area contributed by atoms with Gasteiger partial charge in [-0.1, -0.05) is 52.0 Å². The molecule has 0 unspecified atom stereocenters. The zero-order chi connectivity index (χ0) is 34.0. The third-order valence-corrected chi connectivity index (χ3v) is 8.37. The van der Waals surface area contributed by atoms with Crippen LogP contribution in [-0.2, 0) is 0 Å². The van der Waals surface area contributed by atoms with E-state index in [2.05, 4.69) is 9.80 Å². The molecule has 254 valence electrons. The summed E-state index contributed by atoms with van der Waals surface area (Å²) in [4.78, 5) is 46.8. The van der Waals surface area contributed by atoms with E-state index in [1.807, 2.05) is 65.7 Å². The van der Waals surface area contributed by atoms with E-state index in [9.17, 15) is 19.8 Å². The summed E-state index contributed by atoms with van der Waals surface area (Å²) in [5.74, 6) is -0.928. The van der Waals surface area contributed by atoms with E-state index in [1.165, 1.54) is 9.36 Å². The van der Waals surface area contributed by atoms with Crippen LogP contribution in [-0.4, -0.2) is 145 Å². The fraction of sp³-hybridized carbons (Fsp3) is 0.588. The second-order valence-corrected chi connectivity index (χ2v) is 12.0. The Hall–Kier alpha value is -3.58. The molecule has 0 aliphatic carbocycles. The molecule has 12 nitrogen and oxygen atoms in total. The van der Waals surface area contributed by atoms with Gasteiger partial charge in [-0.3, -0.25) is 19.6 Å². The molecule has 0 radical (unpaired) electrons. The summed E-state index contributed by atoms with van der Waals surface area (Å²) in [6, 6.07) is 7.00. The van der Waals surface area contributed by atoms with Crippen molar-refractivity contribution < 1.29 is 19.8 Å². The van der Waals surface area contributed by atoms with E-state index in [-0.39, 0.29) is 57.9 Å². The molecule has 0 fully saturated rings. The number of carbonyl (C=O) groups is 2. The smallest absolute Gasteiger partial charge is 0.248 e. The zero-order valence-corrected chi connectivity index (χ0v) is 29.1. The molecule has 0 spiro atoms. The molecule has 0 saturated heterocycles. The molecule has 2 N–H and O–H groups in total. The highest BCUT2D eigenvalue weighted by Gasteiger charge is 2.26. The highest BCUT2D eigenvalue weighted by atomic mass is 16.3. The van der Waals surface area contributed by atoms with E-state index in [0.717, 1.165) is 26.2 Å². The van der Waals surface area contributed by atoms with Gasteiger partial charge in [0, 0.05) is 49.8 Å². The van der Waals surface area contributed by atoms with Crippen LogP contribution in [0.5, 0.6) is 11.5 Å². The fourth-order valence-corrected chi connectivity index (χ4v) is 5.50. The Labute approximate surface area is 272 Å². The normalized spacial score (nSPS) is 13.0. The van der Waals surface area contributed by atoms with Gasteiger partial charge in [0.05, 0.1) is 23.9 Å². The van der Waals surface area contributed by atoms with E-state index in [0.29, 0.717) is 50.0 Å². The average molecular weight is 639 g/mol. The Morgan fingerprint density at radius 2 is 0.978 bits per heavy atom. The molecule has 12 heteroatoms. The van der Waals surface area contributed by atoms with E-state index in [4.69, 9.17) is 9.98 Å². The third-order valence-electron chi connectivity index (χ3n) is 8.37. The number of phenols is 2. The number of aromatic hydroxyl groups is 2. The second-order valence-electron chi connectivity index (χ2n) is 12.0. The van der Waals surface area contributed by atoms with Crippen LogP contribution in [0.2, 0.25) is 0 Å². The predicted molar refractivity (Wildman–Crippen MR) is 185 cm³/mol. The van der Waals surface area contributed by atoms with Gasteiger partial charge in [0.25, 0.3) is 0 Å². The van der Waals surface area contributed by atoms with Crippen molar-refractivity contribution in [1.82, 2.24) is 29.0 Å². The monoisotopic (exact) mass is 638 g/mol. The fourth-order valence-electron chi connectivity index (χ4n) is 5.50. The molecule has 3 rings (SSSR count). The van der Waals surface area contributed by atoms with Crippen LogP contribution < -0.4 is 11.0 Å². The minimum atomic E-state index is -0.343. The number of hydrogen-bond acceptors (Lipinski definition) is 10. The lowest BCUT2D eigenvalue weighted by Crippen LogP contribution is -2.48. The summed E-state index contributed by atoms with van der Waals surface area (Å²) in [6.45, 7) is 14.0. The van der Waals surface area contributed by atoms with Crippen molar-refractivity contribution in [3.63, 3.8) is 0 Å². The van der Waals surface area contributed by atoms with Crippen molar-refractivity contribution in [2.45, 2.75) is 40.5 Å². The van der Waals surface area contributed by atoms with E-state index < -0.39 is 0 Å². The molecular weight excluding hydrogens is 584 g/mol. The Bertz CT molecular complexity index is 1510. The van der Waals surface area contributed by atoms with Gasteiger partial charge in [-0.2, -0.15) is 9.36 Å². The van der Waals surface area contributed by atoms with Crippen molar-refractivity contribution in [3.05, 3.63) is 35.2 Å². The minimum absolute atomic E-state index is 0.120. The standard InChI is InChI=1S/C34H54N8O4/c1-9-39(10-2)21-17-27(43)41-33(35-19-23-37(5)6)29-30(32(46)26-16-14-13-15-25(26)31(29)45)34(36-20-24-38(7)8)42(41)28(44)18-22-40(11-3)12-4/h13-16,45-46H,9-12,17-24H2,1-8H3. The lowest BCUT2D eigenvalue weighted by molar-refractivity contribution is 0.0749. The number of rotatable bonds is 16. The summed E-state index contributed by atoms with van der Waals surface area (Å²) in [5.41, 5.74) is 0.255. The Balaban J connectivity index is 2.58. The summed E-state index contributed by atoms with van der Waals surface area (Å²) < 4.78 is 2.63. The molecule has 3 aromatic rings. The molecule has 0 aliphatic heterocycles. The van der Waals surface area contributed by atoms with Gasteiger partial charge in [-0.25, -0.2) is 0 Å². The molecule has 0 saturated carbocycles. The first kappa shape index (κ1) is 36.9. The summed E-state index contributed by atoms with van der Waals surface area (Å²) in [7, 11) is 7.71. The van der Waals surface area contributed by atoms with Gasteiger partial charge < -0.3 is 29.8 Å². The molecular formula is C34H54N8O4. The van der Waals surface area contributed by atoms with Gasteiger partial charge in [0.15, 0.2) is 11.0 Å². The van der Waals surface area contributed by atoms with Gasteiger partial charge in [-0.15, -0.1) is 0 Å². The number of phenolic OH excluding ortho intramolecular Hbond substituents is 2. The lowest BCUT2D eigenvalue weighted by atomic mass is 10.0. The van der Waals surface area contributed by atoms with Crippen LogP contribution >= 0.6 is 0 Å². The number of nitrogens with zero attached hydrogens (tertiary/aromatic N) is 8. The first-order valence-electron chi connectivity index (χ1n) is 16.5. The number of fused-ring (bicyclic) bond motifs is 2. The molecule has 0 aliphatic rings. The van der Waals surface area contributed by atoms with Crippen LogP contribution in [0.1, 0.15) is 50.1 Å². The van der Waals surface area contributed by atoms with E-state index in [1.54, 1.807) is 24.3 Å². The van der Waals surface area contributed by atoms with Crippen LogP contribution in [0.15, 0.2) is 34.3 Å². The SMILES string of the molecule is CCN(CC)CCC(=O)n1c(=NCCN(C)C)c2c(O)c3ccccc3c(O)c2c(=NCCN(C)C)n1C(=O)CCN(CC)CC. The van der Waals surface area contributed by atoms with Gasteiger partial charge in [0.2, 0.25) is 11.8 Å². The molecule has 1 aromatic heterocycles. The minimum Gasteiger partial charge on any atom is -0.507 e. The van der Waals surface area contributed by atoms with Crippen LogP contribution in [0.25, 0.3) is 21.5 Å². The first-order chi connectivity index (χ1) is 22.0. The maximum absolute atomic E-state index is 14.4. The van der Waals surface area contributed by atoms with Crippen molar-refractivity contribution >= 4 is 33.4 Å². The first-order valence-corrected chi connectivity index (χ1v) is 16.5. The van der Waals surface area contributed by atoms with Gasteiger partial charge in [0.1, 0.15) is 11.5 Å². The Kier molecular flexibility index (Phi) is 13.9. The molecule has 0 atom stereocenters. The largest absolute Gasteiger partial charge is 0.507 e. The maximum atomic E-state index is 14.4. The maximum Gasteiger partial charge on any atom is 0.248 e. The molecule has 0 bridgehead atoms. The quantitative estimate of drug-likeness (QED) is 0.182. The van der Waals surface area contributed by atoms with Gasteiger partial charge in [-0.05, 0) is 54.4 Å². The van der Waals surface area contributed by atoms with Crippen molar-refractivity contribution in [2.75, 3.05) is 93.6 Å². The number of hydrogen-bond donors (Lipinski definition) is 2. The molecule has 46 heavy (non-hydrogen) atoms. The van der Waals surface area contributed by atoms with E-state index >= 15 is 0 Å². The predicted octanol–water partition coefficient (Wildman–Crippen LogP) is 2.68.